The molecule has 8 heteroatoms. The number of imide groups is 2. The summed E-state index contributed by atoms with van der Waals surface area (Å²) in [6.45, 7) is 2.63. The number of sulfone groups is 1. The highest BCUT2D eigenvalue weighted by molar-refractivity contribution is 7.91. The van der Waals surface area contributed by atoms with Gasteiger partial charge in [-0.2, -0.15) is 0 Å². The summed E-state index contributed by atoms with van der Waals surface area (Å²) in [6.07, 6.45) is 0. The Balaban J connectivity index is 2.74. The van der Waals surface area contributed by atoms with Gasteiger partial charge in [0, 0.05) is 12.3 Å². The van der Waals surface area contributed by atoms with E-state index in [4.69, 9.17) is 0 Å². The molecule has 17 heavy (non-hydrogen) atoms. The number of barbiturate groups is 1. The van der Waals surface area contributed by atoms with Gasteiger partial charge >= 0.3 is 6.03 Å². The predicted molar refractivity (Wildman–Crippen MR) is 58.7 cm³/mol. The lowest BCUT2D eigenvalue weighted by Gasteiger charge is -2.28. The summed E-state index contributed by atoms with van der Waals surface area (Å²) in [6, 6.07) is -0.857. The molecule has 1 fully saturated rings. The summed E-state index contributed by atoms with van der Waals surface area (Å²) in [5.41, 5.74) is 0. The molecular formula is C9H14N2O5S. The van der Waals surface area contributed by atoms with Crippen molar-refractivity contribution in [2.45, 2.75) is 13.8 Å². The third kappa shape index (κ3) is 3.02. The molecule has 1 unspecified atom stereocenters. The largest absolute Gasteiger partial charge is 0.330 e. The summed E-state index contributed by atoms with van der Waals surface area (Å²) in [7, 11) is -3.26. The van der Waals surface area contributed by atoms with Gasteiger partial charge in [0.15, 0.2) is 9.84 Å². The van der Waals surface area contributed by atoms with Crippen molar-refractivity contribution >= 4 is 27.7 Å². The topological polar surface area (TPSA) is 101 Å². The number of amides is 4. The van der Waals surface area contributed by atoms with Crippen LogP contribution in [0.4, 0.5) is 4.79 Å². The predicted octanol–water partition coefficient (Wildman–Crippen LogP) is -0.864. The Bertz CT molecular complexity index is 456. The van der Waals surface area contributed by atoms with Crippen LogP contribution in [0.3, 0.4) is 0 Å². The van der Waals surface area contributed by atoms with E-state index in [-0.39, 0.29) is 18.1 Å². The first kappa shape index (κ1) is 13.6. The van der Waals surface area contributed by atoms with E-state index in [0.29, 0.717) is 0 Å². The van der Waals surface area contributed by atoms with Gasteiger partial charge in [0.2, 0.25) is 11.8 Å². The van der Waals surface area contributed by atoms with Gasteiger partial charge in [0.1, 0.15) is 5.92 Å². The molecule has 4 amide bonds. The van der Waals surface area contributed by atoms with Crippen LogP contribution in [0.5, 0.6) is 0 Å². The maximum Gasteiger partial charge on any atom is 0.330 e. The Kier molecular flexibility index (Phi) is 3.87. The van der Waals surface area contributed by atoms with Gasteiger partial charge in [-0.3, -0.25) is 19.8 Å². The minimum atomic E-state index is -3.26. The molecule has 0 bridgehead atoms. The lowest BCUT2D eigenvalue weighted by atomic mass is 10.1. The molecule has 1 atom stereocenters. The fourth-order valence-corrected chi connectivity index (χ4v) is 2.06. The van der Waals surface area contributed by atoms with E-state index in [0.717, 1.165) is 4.90 Å². The zero-order chi connectivity index (χ0) is 13.2. The number of hydrogen-bond acceptors (Lipinski definition) is 5. The van der Waals surface area contributed by atoms with Crippen molar-refractivity contribution in [3.8, 4) is 0 Å². The van der Waals surface area contributed by atoms with E-state index in [1.165, 1.54) is 13.8 Å². The minimum absolute atomic E-state index is 0.0505. The molecule has 0 radical (unpaired) electrons. The number of rotatable bonds is 4. The second-order valence-electron chi connectivity index (χ2n) is 3.74. The summed E-state index contributed by atoms with van der Waals surface area (Å²) in [4.78, 5) is 34.8. The Morgan fingerprint density at radius 2 is 1.88 bits per heavy atom. The molecule has 1 saturated heterocycles. The quantitative estimate of drug-likeness (QED) is 0.664. The molecule has 0 aromatic carbocycles. The van der Waals surface area contributed by atoms with Gasteiger partial charge < -0.3 is 0 Å². The van der Waals surface area contributed by atoms with Gasteiger partial charge in [-0.1, -0.05) is 6.92 Å². The Morgan fingerprint density at radius 3 is 2.41 bits per heavy atom. The van der Waals surface area contributed by atoms with Crippen LogP contribution in [-0.2, 0) is 19.4 Å². The van der Waals surface area contributed by atoms with E-state index in [9.17, 15) is 22.8 Å². The number of nitrogens with zero attached hydrogens (tertiary/aromatic N) is 1. The van der Waals surface area contributed by atoms with Gasteiger partial charge in [0.25, 0.3) is 0 Å². The molecule has 1 heterocycles. The SMILES string of the molecule is CCS(=O)(=O)CCN1C(=O)NC(=O)C(C)C1=O. The number of nitrogens with one attached hydrogen (secondary N) is 1. The summed E-state index contributed by atoms with van der Waals surface area (Å²) >= 11 is 0. The third-order valence-electron chi connectivity index (χ3n) is 2.57. The highest BCUT2D eigenvalue weighted by Gasteiger charge is 2.37. The van der Waals surface area contributed by atoms with Gasteiger partial charge in [0.05, 0.1) is 5.75 Å². The van der Waals surface area contributed by atoms with Crippen molar-refractivity contribution in [3.63, 3.8) is 0 Å². The fourth-order valence-electron chi connectivity index (χ4n) is 1.31. The highest BCUT2D eigenvalue weighted by Crippen LogP contribution is 2.09. The van der Waals surface area contributed by atoms with Crippen LogP contribution in [0, 0.1) is 5.92 Å². The summed E-state index contributed by atoms with van der Waals surface area (Å²) in [5, 5.41) is 2.00. The number of hydrogen-bond donors (Lipinski definition) is 1. The number of carbonyl (C=O) groups excluding carboxylic acids is 3. The average Bonchev–Trinajstić information content (AvgIpc) is 2.26. The first-order valence-electron chi connectivity index (χ1n) is 5.15. The van der Waals surface area contributed by atoms with Gasteiger partial charge in [-0.05, 0) is 6.92 Å². The molecule has 7 nitrogen and oxygen atoms in total. The molecule has 0 saturated carbocycles. The molecule has 0 aromatic heterocycles. The third-order valence-corrected chi connectivity index (χ3v) is 4.25. The highest BCUT2D eigenvalue weighted by atomic mass is 32.2. The van der Waals surface area contributed by atoms with E-state index < -0.39 is 33.6 Å². The van der Waals surface area contributed by atoms with Crippen LogP contribution < -0.4 is 5.32 Å². The van der Waals surface area contributed by atoms with Crippen molar-refractivity contribution in [1.82, 2.24) is 10.2 Å². The molecule has 0 aliphatic carbocycles. The molecule has 1 N–H and O–H groups in total. The second-order valence-corrected chi connectivity index (χ2v) is 6.22. The molecule has 96 valence electrons. The van der Waals surface area contributed by atoms with Crippen LogP contribution in [-0.4, -0.2) is 49.2 Å². The molecule has 0 aromatic rings. The maximum absolute atomic E-state index is 11.6. The molecule has 1 aliphatic rings. The smallest absolute Gasteiger partial charge is 0.277 e. The van der Waals surface area contributed by atoms with Crippen molar-refractivity contribution < 1.29 is 22.8 Å². The zero-order valence-electron chi connectivity index (χ0n) is 9.60. The molecule has 1 aliphatic heterocycles. The van der Waals surface area contributed by atoms with E-state index in [1.807, 2.05) is 5.32 Å². The van der Waals surface area contributed by atoms with E-state index >= 15 is 0 Å². The van der Waals surface area contributed by atoms with E-state index in [1.54, 1.807) is 0 Å². The van der Waals surface area contributed by atoms with Crippen LogP contribution in [0.1, 0.15) is 13.8 Å². The lowest BCUT2D eigenvalue weighted by molar-refractivity contribution is -0.141. The minimum Gasteiger partial charge on any atom is -0.277 e. The molecular weight excluding hydrogens is 248 g/mol. The first-order chi connectivity index (χ1) is 7.78. The number of urea groups is 1. The fraction of sp³-hybridized carbons (Fsp3) is 0.667. The van der Waals surface area contributed by atoms with Crippen molar-refractivity contribution in [2.24, 2.45) is 5.92 Å². The van der Waals surface area contributed by atoms with Gasteiger partial charge in [-0.25, -0.2) is 13.2 Å². The second kappa shape index (κ2) is 4.82. The Hall–Kier alpha value is -1.44. The number of carbonyl (C=O) groups is 3. The van der Waals surface area contributed by atoms with Crippen molar-refractivity contribution in [2.75, 3.05) is 18.1 Å². The Labute approximate surface area is 99.1 Å². The monoisotopic (exact) mass is 262 g/mol. The standard InChI is InChI=1S/C9H14N2O5S/c1-3-17(15,16)5-4-11-8(13)6(2)7(12)10-9(11)14/h6H,3-5H2,1-2H3,(H,10,12,14). The molecule has 0 spiro atoms. The summed E-state index contributed by atoms with van der Waals surface area (Å²) in [5.74, 6) is -2.62. The summed E-state index contributed by atoms with van der Waals surface area (Å²) < 4.78 is 22.5. The maximum atomic E-state index is 11.6. The first-order valence-corrected chi connectivity index (χ1v) is 6.97. The van der Waals surface area contributed by atoms with Crippen molar-refractivity contribution in [3.05, 3.63) is 0 Å². The Morgan fingerprint density at radius 1 is 1.29 bits per heavy atom. The van der Waals surface area contributed by atoms with E-state index in [2.05, 4.69) is 0 Å². The zero-order valence-corrected chi connectivity index (χ0v) is 10.4. The normalized spacial score (nSPS) is 21.6. The van der Waals surface area contributed by atoms with Gasteiger partial charge in [-0.15, -0.1) is 0 Å². The van der Waals surface area contributed by atoms with Crippen LogP contribution in [0.15, 0.2) is 0 Å². The lowest BCUT2D eigenvalue weighted by Crippen LogP contribution is -2.57. The van der Waals surface area contributed by atoms with Crippen LogP contribution >= 0.6 is 0 Å². The molecule has 1 rings (SSSR count). The van der Waals surface area contributed by atoms with Crippen LogP contribution in [0.2, 0.25) is 0 Å². The van der Waals surface area contributed by atoms with Crippen molar-refractivity contribution in [1.29, 1.82) is 0 Å². The van der Waals surface area contributed by atoms with Crippen LogP contribution in [0.25, 0.3) is 0 Å². The average molecular weight is 262 g/mol.